The molecule has 7 saturated heterocycles. The van der Waals surface area contributed by atoms with Crippen molar-refractivity contribution in [2.75, 3.05) is 39.6 Å². The van der Waals surface area contributed by atoms with E-state index in [2.05, 4.69) is 16.0 Å². The number of carbonyl (C=O) groups excluding carboxylic acids is 3. The molecule has 36 atom stereocenters. The summed E-state index contributed by atoms with van der Waals surface area (Å²) >= 11 is 0. The molecule has 7 heterocycles. The number of nitrogens with one attached hydrogen (secondary N) is 3. The van der Waals surface area contributed by atoms with Crippen LogP contribution in [0.3, 0.4) is 0 Å². The summed E-state index contributed by atoms with van der Waals surface area (Å²) < 4.78 is 75.4. The van der Waals surface area contributed by atoms with Gasteiger partial charge in [-0.1, -0.05) is 0 Å². The van der Waals surface area contributed by atoms with Gasteiger partial charge in [-0.15, -0.1) is 0 Å². The molecule has 92 heavy (non-hydrogen) atoms. The highest BCUT2D eigenvalue weighted by Gasteiger charge is 2.62. The van der Waals surface area contributed by atoms with Gasteiger partial charge >= 0.3 is 5.97 Å². The number of aliphatic hydroxyl groups is 20. The number of amides is 3. The zero-order valence-electron chi connectivity index (χ0n) is 49.5. The fourth-order valence-electron chi connectivity index (χ4n) is 11.7. The number of carboxylic acids is 1. The SMILES string of the molecule is CC(=O)N[C@H]1[C@H](OC[C@H]2O[C@@H](O[C@H]3[C@H](O[C@@H]4O[C@@H](C)[C@@H](O)[C@@H](O)[C@@H]4O)[C@@H](O)C(O)O[C@@H]3CO)[C@H](O)[C@@H](O[C@@H]3O[C@H](CO)[C@@H](O)[C@H](O)[C@H]3NC(C)=O)[C@H]2O)O[C@H](CO)[C@@H](O[C@@H]2O[C@H](CO)[C@H](O)[C@H](O[C@]3(C(=O)O)C[C@H](O)[C@@H](NC(C)=O)[C@H]([C@H](O)[C@H](O)CO)O3)[C@H]2O)[C@@H]1O. The summed E-state index contributed by atoms with van der Waals surface area (Å²) in [5, 5.41) is 236. The van der Waals surface area contributed by atoms with E-state index < -0.39 is 290 Å². The molecule has 0 saturated carbocycles. The standard InChI is InChI=1S/C51H85N3O38/c1-12-26(65)33(72)34(73)47(81-12)90-43-35(74)44(77)82-21(10-59)39(43)88-48-36(75)41(89-46-24(53-14(3)61)31(70)28(67)18(7-56)83-46)30(69)22(86-48)11-80-45-25(54-15(4)62)32(71)38(20(9-58)85-45)87-49-37(76)42(29(68)19(8-57)84-49)92-51(50(78)79)5-16(63)23(52-13(2)60)40(91-51)27(66)17(64)6-55/h12,16-49,55-59,63-77H,5-11H2,1-4H3,(H,52,60)(H,53,61)(H,54,62)(H,78,79)/t12-,16-,17+,18+,19+,20+,21+,22+,23+,24+,25+,26+,27+,28+,29-,30-,31+,32+,33+,34-,35+,36+,37+,38+,39+,40+,41-,42-,43+,44?,45+,46-,47-,48-,49-,51-/m0/s1. The van der Waals surface area contributed by atoms with Gasteiger partial charge in [0.05, 0.1) is 57.9 Å². The minimum atomic E-state index is -3.23. The smallest absolute Gasteiger partial charge is 0.364 e. The summed E-state index contributed by atoms with van der Waals surface area (Å²) in [7, 11) is 0. The molecule has 0 aromatic rings. The first kappa shape index (κ1) is 75.9. The van der Waals surface area contributed by atoms with Crippen LogP contribution >= 0.6 is 0 Å². The highest BCUT2D eigenvalue weighted by atomic mass is 16.8. The third-order valence-electron chi connectivity index (χ3n) is 16.7. The van der Waals surface area contributed by atoms with Gasteiger partial charge in [-0.2, -0.15) is 0 Å². The van der Waals surface area contributed by atoms with Gasteiger partial charge in [0.1, 0.15) is 159 Å². The molecule has 7 aliphatic heterocycles. The van der Waals surface area contributed by atoms with E-state index in [1.54, 1.807) is 0 Å². The molecule has 0 spiro atoms. The summed E-state index contributed by atoms with van der Waals surface area (Å²) in [4.78, 5) is 50.5. The second kappa shape index (κ2) is 32.3. The normalized spacial score (nSPS) is 47.6. The van der Waals surface area contributed by atoms with Gasteiger partial charge in [-0.25, -0.2) is 4.79 Å². The quantitative estimate of drug-likeness (QED) is 0.0427. The molecule has 24 N–H and O–H groups in total. The molecule has 3 amide bonds. The van der Waals surface area contributed by atoms with E-state index >= 15 is 0 Å². The fourth-order valence-corrected chi connectivity index (χ4v) is 11.7. The number of carboxylic acid groups (broad SMARTS) is 1. The molecular weight excluding hydrogens is 1260 g/mol. The monoisotopic (exact) mass is 1350 g/mol. The molecule has 7 aliphatic rings. The maximum atomic E-state index is 13.1. The Morgan fingerprint density at radius 2 is 0.935 bits per heavy atom. The molecule has 7 rings (SSSR count). The van der Waals surface area contributed by atoms with Crippen LogP contribution in [0, 0.1) is 0 Å². The molecule has 7 fully saturated rings. The van der Waals surface area contributed by atoms with Crippen molar-refractivity contribution in [2.45, 2.75) is 254 Å². The van der Waals surface area contributed by atoms with Crippen molar-refractivity contribution < 1.29 is 188 Å². The van der Waals surface area contributed by atoms with Gasteiger partial charge in [-0.3, -0.25) is 14.4 Å². The number of aliphatic carboxylic acids is 1. The number of rotatable bonds is 24. The molecule has 532 valence electrons. The number of hydrogen-bond donors (Lipinski definition) is 24. The Hall–Kier alpha value is -3.44. The van der Waals surface area contributed by atoms with Gasteiger partial charge in [0.15, 0.2) is 37.7 Å². The highest BCUT2D eigenvalue weighted by molar-refractivity contribution is 5.77. The molecule has 0 radical (unpaired) electrons. The maximum Gasteiger partial charge on any atom is 0.364 e. The Morgan fingerprint density at radius 1 is 0.467 bits per heavy atom. The average molecular weight is 1350 g/mol. The van der Waals surface area contributed by atoms with E-state index in [0.29, 0.717) is 0 Å². The molecule has 0 aliphatic carbocycles. The van der Waals surface area contributed by atoms with E-state index in [1.807, 2.05) is 0 Å². The van der Waals surface area contributed by atoms with Crippen LogP contribution in [0.1, 0.15) is 34.1 Å². The predicted octanol–water partition coefficient (Wildman–Crippen LogP) is -15.6. The Bertz CT molecular complexity index is 2400. The molecule has 0 bridgehead atoms. The van der Waals surface area contributed by atoms with Crippen LogP contribution < -0.4 is 16.0 Å². The average Bonchev–Trinajstić information content (AvgIpc) is 0.791. The summed E-state index contributed by atoms with van der Waals surface area (Å²) in [5.74, 6) is -7.95. The Labute approximate surface area is 520 Å². The molecule has 0 aromatic carbocycles. The van der Waals surface area contributed by atoms with Crippen LogP contribution in [-0.4, -0.2) is 391 Å². The van der Waals surface area contributed by atoms with Crippen LogP contribution in [0.25, 0.3) is 0 Å². The van der Waals surface area contributed by atoms with Gasteiger partial charge < -0.3 is 185 Å². The van der Waals surface area contributed by atoms with Crippen LogP contribution in [0.2, 0.25) is 0 Å². The summed E-state index contributed by atoms with van der Waals surface area (Å²) in [5.41, 5.74) is 0. The third kappa shape index (κ3) is 16.4. The number of ether oxygens (including phenoxy) is 13. The lowest BCUT2D eigenvalue weighted by Crippen LogP contribution is -2.71. The van der Waals surface area contributed by atoms with Gasteiger partial charge in [0.2, 0.25) is 17.7 Å². The second-order valence-electron chi connectivity index (χ2n) is 23.2. The minimum Gasteiger partial charge on any atom is -0.477 e. The van der Waals surface area contributed by atoms with E-state index in [1.165, 1.54) is 6.92 Å². The first-order chi connectivity index (χ1) is 43.3. The summed E-state index contributed by atoms with van der Waals surface area (Å²) in [6.07, 6.45) is -66.4. The van der Waals surface area contributed by atoms with Crippen LogP contribution in [0.5, 0.6) is 0 Å². The fraction of sp³-hybridized carbons (Fsp3) is 0.922. The maximum absolute atomic E-state index is 13.1. The summed E-state index contributed by atoms with van der Waals surface area (Å²) in [6, 6.07) is -5.31. The van der Waals surface area contributed by atoms with E-state index in [0.717, 1.165) is 20.8 Å². The summed E-state index contributed by atoms with van der Waals surface area (Å²) in [6.45, 7) is -2.39. The van der Waals surface area contributed by atoms with Gasteiger partial charge in [-0.05, 0) is 6.92 Å². The molecule has 41 nitrogen and oxygen atoms in total. The lowest BCUT2D eigenvalue weighted by atomic mass is 9.88. The Kier molecular flexibility index (Phi) is 26.6. The largest absolute Gasteiger partial charge is 0.477 e. The lowest BCUT2D eigenvalue weighted by molar-refractivity contribution is -0.393. The van der Waals surface area contributed by atoms with Gasteiger partial charge in [0.25, 0.3) is 5.79 Å². The number of carbonyl (C=O) groups is 4. The zero-order chi connectivity index (χ0) is 68.3. The van der Waals surface area contributed by atoms with E-state index in [4.69, 9.17) is 61.6 Å². The lowest BCUT2D eigenvalue weighted by Gasteiger charge is -2.51. The predicted molar refractivity (Wildman–Crippen MR) is 282 cm³/mol. The number of hydrogen-bond acceptors (Lipinski definition) is 37. The van der Waals surface area contributed by atoms with Crippen molar-refractivity contribution >= 4 is 23.7 Å². The highest BCUT2D eigenvalue weighted by Crippen LogP contribution is 2.40. The van der Waals surface area contributed by atoms with Crippen molar-refractivity contribution in [1.82, 2.24) is 16.0 Å². The first-order valence-corrected chi connectivity index (χ1v) is 29.1. The number of aliphatic hydroxyl groups excluding tert-OH is 20. The van der Waals surface area contributed by atoms with Crippen molar-refractivity contribution in [3.8, 4) is 0 Å². The Morgan fingerprint density at radius 3 is 1.50 bits per heavy atom. The van der Waals surface area contributed by atoms with Gasteiger partial charge in [0, 0.05) is 27.2 Å². The van der Waals surface area contributed by atoms with Crippen molar-refractivity contribution in [1.29, 1.82) is 0 Å². The van der Waals surface area contributed by atoms with E-state index in [-0.39, 0.29) is 0 Å². The Balaban J connectivity index is 1.17. The molecule has 41 heteroatoms. The zero-order valence-corrected chi connectivity index (χ0v) is 49.5. The molecule has 0 aromatic heterocycles. The van der Waals surface area contributed by atoms with Crippen molar-refractivity contribution in [2.24, 2.45) is 0 Å². The molecule has 1 unspecified atom stereocenters. The molecular formula is C51H85N3O38. The topological polar surface area (TPSA) is 649 Å². The van der Waals surface area contributed by atoms with Crippen LogP contribution in [0.15, 0.2) is 0 Å². The van der Waals surface area contributed by atoms with Crippen molar-refractivity contribution in [3.05, 3.63) is 0 Å². The van der Waals surface area contributed by atoms with Crippen molar-refractivity contribution in [3.63, 3.8) is 0 Å². The second-order valence-corrected chi connectivity index (χ2v) is 23.2. The van der Waals surface area contributed by atoms with Crippen LogP contribution in [-0.2, 0) is 80.8 Å². The first-order valence-electron chi connectivity index (χ1n) is 29.1. The van der Waals surface area contributed by atoms with E-state index in [9.17, 15) is 126 Å². The minimum absolute atomic E-state index is 0.842. The third-order valence-corrected chi connectivity index (χ3v) is 16.7. The van der Waals surface area contributed by atoms with Crippen LogP contribution in [0.4, 0.5) is 0 Å².